The number of rotatable bonds is 5. The molecule has 1 heterocycles. The summed E-state index contributed by atoms with van der Waals surface area (Å²) in [7, 11) is 0. The largest absolute Gasteiger partial charge is 0.460 e. The molecule has 3 rings (SSSR count). The van der Waals surface area contributed by atoms with Crippen LogP contribution in [0.4, 0.5) is 0 Å². The minimum absolute atomic E-state index is 0. The van der Waals surface area contributed by atoms with E-state index in [-0.39, 0.29) is 26.5 Å². The normalized spacial score (nSPS) is 9.74. The SMILES string of the molecule is C.CCOC(=O)/C(N)=N/O.CCOC(=O)c1noc(-c2ccccc2)n1.O=C(Cl)c1ccccc1. The molecule has 0 spiro atoms. The number of oxime groups is 1. The van der Waals surface area contributed by atoms with Gasteiger partial charge >= 0.3 is 11.9 Å². The fourth-order valence-corrected chi connectivity index (χ4v) is 2.14. The predicted octanol–water partition coefficient (Wildman–Crippen LogP) is 3.91. The van der Waals surface area contributed by atoms with Crippen LogP contribution >= 0.6 is 11.6 Å². The van der Waals surface area contributed by atoms with Gasteiger partial charge in [0.15, 0.2) is 0 Å². The average molecular weight is 507 g/mol. The van der Waals surface area contributed by atoms with Crippen LogP contribution in [0.25, 0.3) is 11.5 Å². The van der Waals surface area contributed by atoms with Crippen molar-refractivity contribution in [1.29, 1.82) is 0 Å². The molecule has 0 unspecified atom stereocenters. The lowest BCUT2D eigenvalue weighted by molar-refractivity contribution is -0.135. The zero-order valence-corrected chi connectivity index (χ0v) is 19.1. The van der Waals surface area contributed by atoms with Crippen LogP contribution in [0.2, 0.25) is 0 Å². The zero-order valence-electron chi connectivity index (χ0n) is 18.4. The Kier molecular flexibility index (Phi) is 15.2. The number of carbonyl (C=O) groups is 3. The third-order valence-corrected chi connectivity index (χ3v) is 3.72. The van der Waals surface area contributed by atoms with Gasteiger partial charge in [-0.1, -0.05) is 61.1 Å². The number of carbonyl (C=O) groups excluding carboxylic acids is 3. The van der Waals surface area contributed by atoms with Crippen LogP contribution in [0.3, 0.4) is 0 Å². The molecule has 188 valence electrons. The number of benzene rings is 2. The highest BCUT2D eigenvalue weighted by molar-refractivity contribution is 6.67. The summed E-state index contributed by atoms with van der Waals surface area (Å²) in [6.07, 6.45) is 0. The summed E-state index contributed by atoms with van der Waals surface area (Å²) in [5.41, 5.74) is 6.14. The Labute approximate surface area is 207 Å². The Bertz CT molecular complexity index is 1070. The molecule has 0 bridgehead atoms. The first kappa shape index (κ1) is 30.8. The van der Waals surface area contributed by atoms with E-state index < -0.39 is 23.0 Å². The van der Waals surface area contributed by atoms with Gasteiger partial charge in [-0.25, -0.2) is 9.59 Å². The molecular weight excluding hydrogens is 480 g/mol. The van der Waals surface area contributed by atoms with E-state index in [9.17, 15) is 14.4 Å². The molecule has 0 aliphatic rings. The van der Waals surface area contributed by atoms with Crippen molar-refractivity contribution in [2.45, 2.75) is 21.3 Å². The van der Waals surface area contributed by atoms with Crippen LogP contribution in [-0.4, -0.2) is 51.6 Å². The number of halogens is 1. The lowest BCUT2D eigenvalue weighted by Gasteiger charge is -1.96. The summed E-state index contributed by atoms with van der Waals surface area (Å²) in [5, 5.41) is 13.5. The molecule has 2 aromatic carbocycles. The third-order valence-electron chi connectivity index (χ3n) is 3.50. The summed E-state index contributed by atoms with van der Waals surface area (Å²) >= 11 is 5.16. The van der Waals surface area contributed by atoms with Crippen molar-refractivity contribution in [3.8, 4) is 11.5 Å². The molecule has 0 atom stereocenters. The molecule has 11 nitrogen and oxygen atoms in total. The van der Waals surface area contributed by atoms with Gasteiger partial charge in [0.2, 0.25) is 5.84 Å². The maximum absolute atomic E-state index is 11.3. The van der Waals surface area contributed by atoms with Gasteiger partial charge in [0.25, 0.3) is 17.0 Å². The van der Waals surface area contributed by atoms with Gasteiger partial charge in [-0.15, -0.1) is 0 Å². The van der Waals surface area contributed by atoms with E-state index in [0.29, 0.717) is 11.5 Å². The van der Waals surface area contributed by atoms with Crippen molar-refractivity contribution in [3.05, 3.63) is 72.1 Å². The van der Waals surface area contributed by atoms with Gasteiger partial charge in [-0.2, -0.15) is 4.98 Å². The minimum Gasteiger partial charge on any atom is -0.460 e. The summed E-state index contributed by atoms with van der Waals surface area (Å²) in [6.45, 7) is 3.85. The zero-order chi connectivity index (χ0) is 25.3. The highest BCUT2D eigenvalue weighted by atomic mass is 35.5. The second-order valence-electron chi connectivity index (χ2n) is 5.86. The maximum atomic E-state index is 11.3. The molecule has 0 amide bonds. The van der Waals surface area contributed by atoms with Crippen molar-refractivity contribution in [2.24, 2.45) is 10.9 Å². The molecule has 1 aromatic heterocycles. The van der Waals surface area contributed by atoms with E-state index in [1.807, 2.05) is 36.4 Å². The second-order valence-corrected chi connectivity index (χ2v) is 6.20. The van der Waals surface area contributed by atoms with Crippen LogP contribution < -0.4 is 5.73 Å². The maximum Gasteiger partial charge on any atom is 0.379 e. The summed E-state index contributed by atoms with van der Waals surface area (Å²) in [4.78, 5) is 36.0. The van der Waals surface area contributed by atoms with Crippen LogP contribution in [0.1, 0.15) is 42.3 Å². The van der Waals surface area contributed by atoms with Gasteiger partial charge in [0, 0.05) is 11.1 Å². The van der Waals surface area contributed by atoms with E-state index in [4.69, 9.17) is 31.8 Å². The van der Waals surface area contributed by atoms with Gasteiger partial charge in [0.1, 0.15) is 0 Å². The first-order chi connectivity index (χ1) is 16.3. The highest BCUT2D eigenvalue weighted by Gasteiger charge is 2.16. The van der Waals surface area contributed by atoms with E-state index in [2.05, 4.69) is 20.0 Å². The van der Waals surface area contributed by atoms with Crippen molar-refractivity contribution >= 4 is 34.6 Å². The molecule has 12 heteroatoms. The number of esters is 2. The fraction of sp³-hybridized carbons (Fsp3) is 0.217. The van der Waals surface area contributed by atoms with Gasteiger partial charge in [-0.05, 0) is 42.7 Å². The van der Waals surface area contributed by atoms with Crippen molar-refractivity contribution in [2.75, 3.05) is 13.2 Å². The molecular formula is C23H27ClN4O7. The number of nitrogens with two attached hydrogens (primary N) is 1. The smallest absolute Gasteiger partial charge is 0.379 e. The molecule has 0 fully saturated rings. The Morgan fingerprint density at radius 1 is 1.00 bits per heavy atom. The predicted molar refractivity (Wildman–Crippen MR) is 129 cm³/mol. The monoisotopic (exact) mass is 506 g/mol. The molecule has 0 saturated carbocycles. The number of aromatic nitrogens is 2. The topological polar surface area (TPSA) is 167 Å². The van der Waals surface area contributed by atoms with Gasteiger partial charge in [-0.3, -0.25) is 4.79 Å². The molecule has 3 N–H and O–H groups in total. The number of hydrogen-bond donors (Lipinski definition) is 2. The van der Waals surface area contributed by atoms with Crippen molar-refractivity contribution in [3.63, 3.8) is 0 Å². The molecule has 3 aromatic rings. The Hall–Kier alpha value is -4.25. The van der Waals surface area contributed by atoms with Crippen LogP contribution in [0.5, 0.6) is 0 Å². The Balaban J connectivity index is 0.000000527. The lowest BCUT2D eigenvalue weighted by Crippen LogP contribution is -2.25. The second kappa shape index (κ2) is 17.3. The molecule has 35 heavy (non-hydrogen) atoms. The summed E-state index contributed by atoms with van der Waals surface area (Å²) < 4.78 is 14.0. The molecule has 0 saturated heterocycles. The Morgan fingerprint density at radius 3 is 2.00 bits per heavy atom. The molecule has 0 radical (unpaired) electrons. The molecule has 0 aliphatic heterocycles. The van der Waals surface area contributed by atoms with E-state index in [1.54, 1.807) is 38.1 Å². The van der Waals surface area contributed by atoms with Gasteiger partial charge < -0.3 is 24.9 Å². The van der Waals surface area contributed by atoms with E-state index in [1.165, 1.54) is 0 Å². The minimum atomic E-state index is -0.806. The quantitative estimate of drug-likeness (QED) is 0.129. The standard InChI is InChI=1S/C11H10N2O3.C7H5ClO.C4H8N2O3.CH4/c1-2-15-11(14)9-12-10(16-13-9)8-6-4-3-5-7-8;8-7(9)6-4-2-1-3-5-6;1-2-9-4(7)3(5)6-8;/h3-7H,2H2,1H3;1-5H;8H,2H2,1H3,(H2,5,6);1H4. The van der Waals surface area contributed by atoms with Crippen LogP contribution in [0, 0.1) is 0 Å². The van der Waals surface area contributed by atoms with Crippen LogP contribution in [-0.2, 0) is 14.3 Å². The van der Waals surface area contributed by atoms with E-state index >= 15 is 0 Å². The van der Waals surface area contributed by atoms with Crippen molar-refractivity contribution in [1.82, 2.24) is 10.1 Å². The first-order valence-corrected chi connectivity index (χ1v) is 10.2. The summed E-state index contributed by atoms with van der Waals surface area (Å²) in [6, 6.07) is 18.0. The lowest BCUT2D eigenvalue weighted by atomic mass is 10.2. The third kappa shape index (κ3) is 11.4. The summed E-state index contributed by atoms with van der Waals surface area (Å²) in [5.74, 6) is -1.66. The fourth-order valence-electron chi connectivity index (χ4n) is 2.02. The van der Waals surface area contributed by atoms with Gasteiger partial charge in [0.05, 0.1) is 13.2 Å². The highest BCUT2D eigenvalue weighted by Crippen LogP contribution is 2.16. The van der Waals surface area contributed by atoms with E-state index in [0.717, 1.165) is 5.56 Å². The number of ether oxygens (including phenoxy) is 2. The first-order valence-electron chi connectivity index (χ1n) is 9.79. The number of hydrogen-bond acceptors (Lipinski definition) is 10. The van der Waals surface area contributed by atoms with Crippen molar-refractivity contribution < 1.29 is 33.6 Å². The number of nitrogens with zero attached hydrogens (tertiary/aromatic N) is 3. The Morgan fingerprint density at radius 2 is 1.54 bits per heavy atom. The average Bonchev–Trinajstić information content (AvgIpc) is 3.36. The number of amidine groups is 1. The molecule has 0 aliphatic carbocycles. The van der Waals surface area contributed by atoms with Crippen LogP contribution in [0.15, 0.2) is 70.3 Å².